The molecule has 1 aromatic rings. The molecule has 0 spiro atoms. The van der Waals surface area contributed by atoms with Gasteiger partial charge in [0.15, 0.2) is 0 Å². The Kier molecular flexibility index (Phi) is 5.97. The van der Waals surface area contributed by atoms with Gasteiger partial charge in [0.2, 0.25) is 0 Å². The number of nitrogens with one attached hydrogen (secondary N) is 2. The molecule has 20 heavy (non-hydrogen) atoms. The Bertz CT molecular complexity index is 561. The number of rotatable bonds is 5. The van der Waals surface area contributed by atoms with Crippen LogP contribution in [0.3, 0.4) is 0 Å². The Balaban J connectivity index is 0.00000200. The lowest BCUT2D eigenvalue weighted by Gasteiger charge is -2.21. The quantitative estimate of drug-likeness (QED) is 0.862. The minimum Gasteiger partial charge on any atom is -0.309 e. The minimum absolute atomic E-state index is 0. The van der Waals surface area contributed by atoms with E-state index >= 15 is 0 Å². The summed E-state index contributed by atoms with van der Waals surface area (Å²) in [6, 6.07) is 6.05. The van der Waals surface area contributed by atoms with Crippen LogP contribution >= 0.6 is 12.4 Å². The molecule has 1 heterocycles. The lowest BCUT2D eigenvalue weighted by Crippen LogP contribution is -2.41. The predicted molar refractivity (Wildman–Crippen MR) is 82.9 cm³/mol. The minimum atomic E-state index is -3.40. The van der Waals surface area contributed by atoms with Crippen LogP contribution in [-0.4, -0.2) is 25.8 Å². The predicted octanol–water partition coefficient (Wildman–Crippen LogP) is 1.39. The topological polar surface area (TPSA) is 61.4 Å². The molecule has 0 bridgehead atoms. The van der Waals surface area contributed by atoms with Crippen molar-refractivity contribution >= 4 is 22.6 Å². The molecular weight excluding hydrogens is 298 g/mol. The van der Waals surface area contributed by atoms with Gasteiger partial charge in [0.25, 0.3) is 10.2 Å². The number of hydrogen-bond acceptors (Lipinski definition) is 3. The molecule has 1 aliphatic rings. The van der Waals surface area contributed by atoms with E-state index in [2.05, 4.69) is 22.2 Å². The van der Waals surface area contributed by atoms with E-state index in [9.17, 15) is 8.42 Å². The van der Waals surface area contributed by atoms with Gasteiger partial charge in [-0.2, -0.15) is 17.4 Å². The van der Waals surface area contributed by atoms with E-state index in [4.69, 9.17) is 0 Å². The van der Waals surface area contributed by atoms with Gasteiger partial charge in [-0.05, 0) is 30.5 Å². The fraction of sp³-hybridized carbons (Fsp3) is 0.538. The summed E-state index contributed by atoms with van der Waals surface area (Å²) in [5.74, 6) is 0. The molecule has 0 saturated heterocycles. The second-order valence-electron chi connectivity index (χ2n) is 5.14. The number of nitrogens with zero attached hydrogens (tertiary/aromatic N) is 1. The molecule has 1 aromatic carbocycles. The molecule has 2 N–H and O–H groups in total. The van der Waals surface area contributed by atoms with Gasteiger partial charge in [0.05, 0.1) is 0 Å². The van der Waals surface area contributed by atoms with Gasteiger partial charge >= 0.3 is 0 Å². The lowest BCUT2D eigenvalue weighted by molar-refractivity contribution is 0.402. The summed E-state index contributed by atoms with van der Waals surface area (Å²) in [6.45, 7) is 5.78. The van der Waals surface area contributed by atoms with Gasteiger partial charge in [0.1, 0.15) is 0 Å². The van der Waals surface area contributed by atoms with E-state index < -0.39 is 10.2 Å². The molecule has 7 heteroatoms. The van der Waals surface area contributed by atoms with E-state index in [1.54, 1.807) is 7.05 Å². The van der Waals surface area contributed by atoms with E-state index in [1.165, 1.54) is 15.4 Å². The monoisotopic (exact) mass is 319 g/mol. The molecular formula is C13H22ClN3O2S. The van der Waals surface area contributed by atoms with Gasteiger partial charge < -0.3 is 5.32 Å². The van der Waals surface area contributed by atoms with Crippen molar-refractivity contribution in [2.75, 3.05) is 7.05 Å². The molecule has 5 nitrogen and oxygen atoms in total. The van der Waals surface area contributed by atoms with Crippen molar-refractivity contribution in [1.82, 2.24) is 14.3 Å². The highest BCUT2D eigenvalue weighted by atomic mass is 35.5. The molecule has 0 aromatic heterocycles. The highest BCUT2D eigenvalue weighted by Gasteiger charge is 2.20. The maximum Gasteiger partial charge on any atom is 0.279 e. The smallest absolute Gasteiger partial charge is 0.279 e. The first-order valence-corrected chi connectivity index (χ1v) is 7.88. The third kappa shape index (κ3) is 3.93. The first-order chi connectivity index (χ1) is 8.90. The average molecular weight is 320 g/mol. The van der Waals surface area contributed by atoms with Crippen molar-refractivity contribution in [3.05, 3.63) is 34.9 Å². The summed E-state index contributed by atoms with van der Waals surface area (Å²) >= 11 is 0. The summed E-state index contributed by atoms with van der Waals surface area (Å²) in [6.07, 6.45) is 0. The van der Waals surface area contributed by atoms with E-state index in [-0.39, 0.29) is 18.4 Å². The summed E-state index contributed by atoms with van der Waals surface area (Å²) in [5.41, 5.74) is 3.54. The third-order valence-corrected chi connectivity index (χ3v) is 5.16. The zero-order chi connectivity index (χ0) is 14.0. The van der Waals surface area contributed by atoms with Crippen molar-refractivity contribution in [3.63, 3.8) is 0 Å². The molecule has 0 radical (unpaired) electrons. The fourth-order valence-corrected chi connectivity index (χ4v) is 3.12. The average Bonchev–Trinajstić information content (AvgIpc) is 2.82. The largest absolute Gasteiger partial charge is 0.309 e. The zero-order valence-electron chi connectivity index (χ0n) is 12.0. The Hall–Kier alpha value is -0.660. The van der Waals surface area contributed by atoms with Gasteiger partial charge in [-0.15, -0.1) is 12.4 Å². The Labute approximate surface area is 127 Å². The molecule has 0 atom stereocenters. The molecule has 0 saturated carbocycles. The van der Waals surface area contributed by atoms with Crippen LogP contribution in [0.2, 0.25) is 0 Å². The normalized spacial score (nSPS) is 14.4. The maximum atomic E-state index is 12.0. The lowest BCUT2D eigenvalue weighted by atomic mass is 10.1. The highest BCUT2D eigenvalue weighted by Crippen LogP contribution is 2.17. The second kappa shape index (κ2) is 6.87. The summed E-state index contributed by atoms with van der Waals surface area (Å²) in [7, 11) is -1.82. The van der Waals surface area contributed by atoms with Gasteiger partial charge in [-0.1, -0.05) is 18.2 Å². The number of fused-ring (bicyclic) bond motifs is 1. The van der Waals surface area contributed by atoms with Gasteiger partial charge in [-0.3, -0.25) is 0 Å². The Morgan fingerprint density at radius 3 is 2.60 bits per heavy atom. The van der Waals surface area contributed by atoms with Crippen LogP contribution in [0.1, 0.15) is 30.5 Å². The summed E-state index contributed by atoms with van der Waals surface area (Å²) in [4.78, 5) is 0. The van der Waals surface area contributed by atoms with E-state index in [0.29, 0.717) is 6.54 Å². The van der Waals surface area contributed by atoms with Crippen LogP contribution in [0.4, 0.5) is 0 Å². The highest BCUT2D eigenvalue weighted by molar-refractivity contribution is 7.87. The van der Waals surface area contributed by atoms with Crippen molar-refractivity contribution < 1.29 is 8.42 Å². The van der Waals surface area contributed by atoms with Crippen molar-refractivity contribution in [2.24, 2.45) is 0 Å². The molecule has 0 unspecified atom stereocenters. The first kappa shape index (κ1) is 17.4. The van der Waals surface area contributed by atoms with Crippen LogP contribution in [-0.2, 0) is 29.8 Å². The third-order valence-electron chi connectivity index (χ3n) is 3.47. The molecule has 0 amide bonds. The fourth-order valence-electron chi connectivity index (χ4n) is 2.01. The van der Waals surface area contributed by atoms with Gasteiger partial charge in [-0.25, -0.2) is 0 Å². The van der Waals surface area contributed by atoms with Crippen LogP contribution in [0.5, 0.6) is 0 Å². The Morgan fingerprint density at radius 2 is 1.95 bits per heavy atom. The molecule has 0 fully saturated rings. The summed E-state index contributed by atoms with van der Waals surface area (Å²) < 4.78 is 27.9. The van der Waals surface area contributed by atoms with Gasteiger partial charge in [0, 0.05) is 32.7 Å². The maximum absolute atomic E-state index is 12.0. The van der Waals surface area contributed by atoms with Crippen molar-refractivity contribution in [3.8, 4) is 0 Å². The van der Waals surface area contributed by atoms with E-state index in [1.807, 2.05) is 19.9 Å². The molecule has 2 rings (SSSR count). The number of benzene rings is 1. The molecule has 0 aliphatic carbocycles. The zero-order valence-corrected chi connectivity index (χ0v) is 13.6. The Morgan fingerprint density at radius 1 is 1.30 bits per heavy atom. The van der Waals surface area contributed by atoms with E-state index in [0.717, 1.165) is 18.7 Å². The molecule has 1 aliphatic heterocycles. The summed E-state index contributed by atoms with van der Waals surface area (Å²) in [5, 5.41) is 3.27. The van der Waals surface area contributed by atoms with Crippen molar-refractivity contribution in [1.29, 1.82) is 0 Å². The molecule has 114 valence electrons. The van der Waals surface area contributed by atoms with Crippen LogP contribution in [0, 0.1) is 0 Å². The van der Waals surface area contributed by atoms with Crippen LogP contribution in [0.25, 0.3) is 0 Å². The number of halogens is 1. The standard InChI is InChI=1S/C13H21N3O2S.ClH/c1-10(2)16(3)19(17,18)15-7-11-4-5-12-8-14-9-13(12)6-11;/h4-6,10,14-15H,7-9H2,1-3H3;1H. The van der Waals surface area contributed by atoms with Crippen LogP contribution < -0.4 is 10.0 Å². The second-order valence-corrected chi connectivity index (χ2v) is 6.96. The first-order valence-electron chi connectivity index (χ1n) is 6.44. The SMILES string of the molecule is CC(C)N(C)S(=O)(=O)NCc1ccc2c(c1)CNC2.Cl. The van der Waals surface area contributed by atoms with Crippen molar-refractivity contribution in [2.45, 2.75) is 39.5 Å². The van der Waals surface area contributed by atoms with Crippen LogP contribution in [0.15, 0.2) is 18.2 Å². The number of hydrogen-bond donors (Lipinski definition) is 2.